The van der Waals surface area contributed by atoms with E-state index in [9.17, 15) is 4.79 Å². The van der Waals surface area contributed by atoms with Gasteiger partial charge in [-0.1, -0.05) is 38.3 Å². The van der Waals surface area contributed by atoms with Crippen molar-refractivity contribution in [3.05, 3.63) is 28.8 Å². The molecule has 1 rings (SSSR count). The Balaban J connectivity index is 2.75. The van der Waals surface area contributed by atoms with E-state index in [1.807, 2.05) is 0 Å². The van der Waals surface area contributed by atoms with E-state index in [1.54, 1.807) is 18.2 Å². The molecule has 94 valence electrons. The van der Waals surface area contributed by atoms with Gasteiger partial charge < -0.3 is 11.1 Å². The van der Waals surface area contributed by atoms with Crippen LogP contribution in [0.3, 0.4) is 0 Å². The number of carbonyl (C=O) groups is 1. The quantitative estimate of drug-likeness (QED) is 0.819. The van der Waals surface area contributed by atoms with Gasteiger partial charge in [0.2, 0.25) is 5.91 Å². The van der Waals surface area contributed by atoms with E-state index < -0.39 is 5.91 Å². The lowest BCUT2D eigenvalue weighted by atomic mass is 10.0. The molecule has 3 N–H and O–H groups in total. The zero-order valence-corrected chi connectivity index (χ0v) is 11.1. The molecule has 3 nitrogen and oxygen atoms in total. The number of benzene rings is 1. The van der Waals surface area contributed by atoms with Crippen molar-refractivity contribution in [2.75, 3.05) is 11.9 Å². The zero-order chi connectivity index (χ0) is 12.8. The first-order chi connectivity index (χ1) is 8.08. The minimum absolute atomic E-state index is 0.438. The number of primary amides is 1. The highest BCUT2D eigenvalue weighted by molar-refractivity contribution is 6.33. The van der Waals surface area contributed by atoms with E-state index in [4.69, 9.17) is 17.3 Å². The Bertz CT molecular complexity index is 389. The fourth-order valence-corrected chi connectivity index (χ4v) is 1.83. The van der Waals surface area contributed by atoms with Crippen LogP contribution in [0.5, 0.6) is 0 Å². The Morgan fingerprint density at radius 3 is 2.59 bits per heavy atom. The van der Waals surface area contributed by atoms with E-state index in [1.165, 1.54) is 0 Å². The van der Waals surface area contributed by atoms with E-state index >= 15 is 0 Å². The molecule has 0 aliphatic rings. The molecule has 0 aliphatic heterocycles. The van der Waals surface area contributed by atoms with Gasteiger partial charge in [-0.15, -0.1) is 0 Å². The summed E-state index contributed by atoms with van der Waals surface area (Å²) in [5.41, 5.74) is 6.48. The predicted octanol–water partition coefficient (Wildman–Crippen LogP) is 3.29. The van der Waals surface area contributed by atoms with Gasteiger partial charge in [-0.3, -0.25) is 4.79 Å². The van der Waals surface area contributed by atoms with E-state index in [0.717, 1.165) is 25.1 Å². The maximum Gasteiger partial charge on any atom is 0.248 e. The number of halogens is 1. The lowest BCUT2D eigenvalue weighted by Gasteiger charge is -2.15. The Morgan fingerprint density at radius 1 is 1.41 bits per heavy atom. The Hall–Kier alpha value is -1.22. The van der Waals surface area contributed by atoms with Crippen LogP contribution in [-0.2, 0) is 0 Å². The highest BCUT2D eigenvalue weighted by Crippen LogP contribution is 2.23. The second kappa shape index (κ2) is 6.50. The van der Waals surface area contributed by atoms with Crippen LogP contribution in [0.1, 0.15) is 37.0 Å². The van der Waals surface area contributed by atoms with Crippen LogP contribution < -0.4 is 11.1 Å². The van der Waals surface area contributed by atoms with Gasteiger partial charge in [-0.05, 0) is 24.1 Å². The molecule has 0 spiro atoms. The third-order valence-corrected chi connectivity index (χ3v) is 3.32. The van der Waals surface area contributed by atoms with Gasteiger partial charge in [-0.25, -0.2) is 0 Å². The van der Waals surface area contributed by atoms with Crippen molar-refractivity contribution in [3.8, 4) is 0 Å². The van der Waals surface area contributed by atoms with Crippen molar-refractivity contribution in [2.45, 2.75) is 26.7 Å². The Labute approximate surface area is 107 Å². The molecule has 0 aromatic heterocycles. The maximum atomic E-state index is 11.1. The Kier molecular flexibility index (Phi) is 5.29. The number of nitrogens with two attached hydrogens (primary N) is 1. The molecular formula is C13H19ClN2O. The highest BCUT2D eigenvalue weighted by Gasteiger charge is 2.08. The maximum absolute atomic E-state index is 11.1. The van der Waals surface area contributed by atoms with Crippen LogP contribution in [0.25, 0.3) is 0 Å². The molecule has 0 aliphatic carbocycles. The minimum atomic E-state index is -0.438. The van der Waals surface area contributed by atoms with Crippen molar-refractivity contribution in [3.63, 3.8) is 0 Å². The Morgan fingerprint density at radius 2 is 2.06 bits per heavy atom. The zero-order valence-electron chi connectivity index (χ0n) is 10.3. The molecule has 0 unspecified atom stereocenters. The van der Waals surface area contributed by atoms with Crippen LogP contribution in [0.15, 0.2) is 18.2 Å². The third-order valence-electron chi connectivity index (χ3n) is 2.99. The molecule has 0 fully saturated rings. The van der Waals surface area contributed by atoms with Gasteiger partial charge in [0.05, 0.1) is 10.7 Å². The van der Waals surface area contributed by atoms with Gasteiger partial charge >= 0.3 is 0 Å². The fourth-order valence-electron chi connectivity index (χ4n) is 1.65. The summed E-state index contributed by atoms with van der Waals surface area (Å²) in [5.74, 6) is 0.176. The largest absolute Gasteiger partial charge is 0.384 e. The number of nitrogens with one attached hydrogen (secondary N) is 1. The summed E-state index contributed by atoms with van der Waals surface area (Å²) in [6, 6.07) is 5.02. The molecule has 0 saturated heterocycles. The predicted molar refractivity (Wildman–Crippen MR) is 72.5 cm³/mol. The number of amides is 1. The smallest absolute Gasteiger partial charge is 0.248 e. The van der Waals surface area contributed by atoms with Crippen LogP contribution in [-0.4, -0.2) is 12.5 Å². The molecule has 1 aromatic rings. The number of rotatable bonds is 6. The topological polar surface area (TPSA) is 55.1 Å². The van der Waals surface area contributed by atoms with Crippen LogP contribution >= 0.6 is 11.6 Å². The summed E-state index contributed by atoms with van der Waals surface area (Å²) in [5, 5.41) is 3.88. The van der Waals surface area contributed by atoms with Gasteiger partial charge in [0, 0.05) is 12.1 Å². The van der Waals surface area contributed by atoms with Gasteiger partial charge in [0.15, 0.2) is 0 Å². The van der Waals surface area contributed by atoms with Gasteiger partial charge in [0.1, 0.15) is 0 Å². The molecule has 0 bridgehead atoms. The summed E-state index contributed by atoms with van der Waals surface area (Å²) in [4.78, 5) is 11.1. The number of anilines is 1. The lowest BCUT2D eigenvalue weighted by Crippen LogP contribution is -2.15. The van der Waals surface area contributed by atoms with Crippen molar-refractivity contribution < 1.29 is 4.79 Å². The number of hydrogen-bond donors (Lipinski definition) is 2. The molecule has 1 aromatic carbocycles. The fraction of sp³-hybridized carbons (Fsp3) is 0.462. The summed E-state index contributed by atoms with van der Waals surface area (Å²) < 4.78 is 0. The first kappa shape index (κ1) is 13.8. The third kappa shape index (κ3) is 3.93. The first-order valence-corrected chi connectivity index (χ1v) is 6.29. The van der Waals surface area contributed by atoms with E-state index in [2.05, 4.69) is 19.2 Å². The average molecular weight is 255 g/mol. The average Bonchev–Trinajstić information content (AvgIpc) is 2.32. The number of hydrogen-bond acceptors (Lipinski definition) is 2. The second-order valence-corrected chi connectivity index (χ2v) is 4.53. The molecule has 0 saturated carbocycles. The van der Waals surface area contributed by atoms with Crippen molar-refractivity contribution >= 4 is 23.2 Å². The summed E-state index contributed by atoms with van der Waals surface area (Å²) in [6.45, 7) is 5.18. The van der Waals surface area contributed by atoms with Crippen LogP contribution in [0.4, 0.5) is 5.69 Å². The van der Waals surface area contributed by atoms with Crippen LogP contribution in [0, 0.1) is 5.92 Å². The molecule has 17 heavy (non-hydrogen) atoms. The monoisotopic (exact) mass is 254 g/mol. The van der Waals surface area contributed by atoms with E-state index in [-0.39, 0.29) is 0 Å². The number of carbonyl (C=O) groups excluding carboxylic acids is 1. The normalized spacial score (nSPS) is 10.6. The second-order valence-electron chi connectivity index (χ2n) is 4.12. The SMILES string of the molecule is CCC(CC)CNc1cc(C(N)=O)ccc1Cl. The molecule has 4 heteroatoms. The van der Waals surface area contributed by atoms with Crippen molar-refractivity contribution in [2.24, 2.45) is 11.7 Å². The molecule has 0 radical (unpaired) electrons. The molecule has 0 heterocycles. The molecule has 0 atom stereocenters. The van der Waals surface area contributed by atoms with Gasteiger partial charge in [0.25, 0.3) is 0 Å². The first-order valence-electron chi connectivity index (χ1n) is 5.91. The van der Waals surface area contributed by atoms with Crippen molar-refractivity contribution in [1.82, 2.24) is 0 Å². The highest BCUT2D eigenvalue weighted by atomic mass is 35.5. The minimum Gasteiger partial charge on any atom is -0.384 e. The summed E-state index contributed by atoms with van der Waals surface area (Å²) in [6.07, 6.45) is 2.24. The molecular weight excluding hydrogens is 236 g/mol. The van der Waals surface area contributed by atoms with Crippen molar-refractivity contribution in [1.29, 1.82) is 0 Å². The lowest BCUT2D eigenvalue weighted by molar-refractivity contribution is 0.100. The summed E-state index contributed by atoms with van der Waals surface area (Å²) >= 11 is 6.06. The van der Waals surface area contributed by atoms with Gasteiger partial charge in [-0.2, -0.15) is 0 Å². The van der Waals surface area contributed by atoms with E-state index in [0.29, 0.717) is 16.5 Å². The summed E-state index contributed by atoms with van der Waals surface area (Å²) in [7, 11) is 0. The van der Waals surface area contributed by atoms with Crippen LogP contribution in [0.2, 0.25) is 5.02 Å². The standard InChI is InChI=1S/C13H19ClN2O/c1-3-9(4-2)8-16-12-7-10(13(15)17)5-6-11(12)14/h5-7,9,16H,3-4,8H2,1-2H3,(H2,15,17). The molecule has 1 amide bonds.